The van der Waals surface area contributed by atoms with Gasteiger partial charge in [0.15, 0.2) is 0 Å². The fourth-order valence-electron chi connectivity index (χ4n) is 1.32. The van der Waals surface area contributed by atoms with Crippen molar-refractivity contribution in [3.8, 4) is 5.75 Å². The molecule has 4 heteroatoms. The van der Waals surface area contributed by atoms with Crippen LogP contribution in [0.15, 0.2) is 24.8 Å². The Morgan fingerprint density at radius 3 is 2.88 bits per heavy atom. The van der Waals surface area contributed by atoms with Crippen LogP contribution >= 0.6 is 0 Å². The highest BCUT2D eigenvalue weighted by Gasteiger charge is 2.13. The number of ether oxygens (including phenoxy) is 2. The lowest BCUT2D eigenvalue weighted by molar-refractivity contribution is 0.0520. The molecule has 0 saturated carbocycles. The van der Waals surface area contributed by atoms with Gasteiger partial charge >= 0.3 is 5.97 Å². The van der Waals surface area contributed by atoms with Crippen LogP contribution < -0.4 is 4.74 Å². The van der Waals surface area contributed by atoms with E-state index in [1.807, 2.05) is 0 Å². The van der Waals surface area contributed by atoms with Gasteiger partial charge in [0.25, 0.3) is 0 Å². The molecular weight excluding hydrogens is 220 g/mol. The van der Waals surface area contributed by atoms with Crippen LogP contribution in [0, 0.1) is 0 Å². The molecule has 0 radical (unpaired) electrons. The van der Waals surface area contributed by atoms with Crippen LogP contribution in [0.4, 0.5) is 0 Å². The zero-order valence-corrected chi connectivity index (χ0v) is 9.81. The van der Waals surface area contributed by atoms with Crippen molar-refractivity contribution in [2.45, 2.75) is 6.92 Å². The van der Waals surface area contributed by atoms with Gasteiger partial charge in [-0.2, -0.15) is 0 Å². The number of benzene rings is 1. The maximum absolute atomic E-state index is 11.6. The number of carbonyl (C=O) groups is 1. The van der Waals surface area contributed by atoms with Crippen LogP contribution in [0.3, 0.4) is 0 Å². The molecule has 0 spiro atoms. The van der Waals surface area contributed by atoms with Gasteiger partial charge in [-0.05, 0) is 24.6 Å². The third kappa shape index (κ3) is 3.60. The predicted octanol–water partition coefficient (Wildman–Crippen LogP) is 1.88. The van der Waals surface area contributed by atoms with Crippen LogP contribution in [-0.4, -0.2) is 30.9 Å². The predicted molar refractivity (Wildman–Crippen MR) is 65.1 cm³/mol. The molecule has 0 atom stereocenters. The molecule has 1 aromatic rings. The van der Waals surface area contributed by atoms with E-state index in [1.165, 1.54) is 0 Å². The van der Waals surface area contributed by atoms with Crippen molar-refractivity contribution in [1.82, 2.24) is 0 Å². The van der Waals surface area contributed by atoms with E-state index in [9.17, 15) is 4.79 Å². The van der Waals surface area contributed by atoms with Crippen LogP contribution in [0.2, 0.25) is 0 Å². The van der Waals surface area contributed by atoms with E-state index in [-0.39, 0.29) is 13.2 Å². The monoisotopic (exact) mass is 236 g/mol. The Labute approximate surface area is 100 Å². The van der Waals surface area contributed by atoms with Crippen LogP contribution in [0.5, 0.6) is 5.75 Å². The lowest BCUT2D eigenvalue weighted by Crippen LogP contribution is -2.10. The standard InChI is InChI=1S/C13H16O4/c1-3-10-5-6-11(13(15)16-4-2)12(9-10)17-8-7-14/h3,5-6,9,14H,1,4,7-8H2,2H3. The number of aliphatic hydroxyl groups is 1. The molecule has 0 amide bonds. The summed E-state index contributed by atoms with van der Waals surface area (Å²) in [5.41, 5.74) is 1.19. The minimum Gasteiger partial charge on any atom is -0.490 e. The smallest absolute Gasteiger partial charge is 0.341 e. The summed E-state index contributed by atoms with van der Waals surface area (Å²) in [6.45, 7) is 5.71. The topological polar surface area (TPSA) is 55.8 Å². The molecule has 1 rings (SSSR count). The van der Waals surface area contributed by atoms with Gasteiger partial charge < -0.3 is 14.6 Å². The molecule has 1 N–H and O–H groups in total. The van der Waals surface area contributed by atoms with E-state index < -0.39 is 5.97 Å². The summed E-state index contributed by atoms with van der Waals surface area (Å²) in [6.07, 6.45) is 1.65. The van der Waals surface area contributed by atoms with Gasteiger partial charge in [-0.1, -0.05) is 18.7 Å². The van der Waals surface area contributed by atoms with Crippen molar-refractivity contribution < 1.29 is 19.4 Å². The van der Waals surface area contributed by atoms with Crippen molar-refractivity contribution in [2.75, 3.05) is 19.8 Å². The Balaban J connectivity index is 3.00. The van der Waals surface area contributed by atoms with E-state index in [0.29, 0.717) is 17.9 Å². The second-order valence-electron chi connectivity index (χ2n) is 3.25. The van der Waals surface area contributed by atoms with Gasteiger partial charge in [0.2, 0.25) is 0 Å². The first-order valence-electron chi connectivity index (χ1n) is 5.40. The summed E-state index contributed by atoms with van der Waals surface area (Å²) in [6, 6.07) is 5.07. The molecule has 0 saturated heterocycles. The van der Waals surface area contributed by atoms with E-state index in [2.05, 4.69) is 6.58 Å². The molecule has 0 aliphatic carbocycles. The molecule has 92 valence electrons. The molecular formula is C13H16O4. The molecule has 0 unspecified atom stereocenters. The van der Waals surface area contributed by atoms with Gasteiger partial charge in [0.1, 0.15) is 17.9 Å². The molecule has 0 heterocycles. The Bertz CT molecular complexity index is 398. The minimum absolute atomic E-state index is 0.111. The van der Waals surface area contributed by atoms with Crippen molar-refractivity contribution >= 4 is 12.0 Å². The largest absolute Gasteiger partial charge is 0.490 e. The lowest BCUT2D eigenvalue weighted by Gasteiger charge is -2.10. The van der Waals surface area contributed by atoms with E-state index in [1.54, 1.807) is 31.2 Å². The number of rotatable bonds is 6. The van der Waals surface area contributed by atoms with Crippen LogP contribution in [-0.2, 0) is 4.74 Å². The summed E-state index contributed by atoms with van der Waals surface area (Å²) >= 11 is 0. The highest BCUT2D eigenvalue weighted by atomic mass is 16.5. The summed E-state index contributed by atoms with van der Waals surface area (Å²) in [5.74, 6) is -0.0362. The van der Waals surface area contributed by atoms with E-state index >= 15 is 0 Å². The molecule has 0 aliphatic heterocycles. The van der Waals surface area contributed by atoms with Gasteiger partial charge in [0.05, 0.1) is 13.2 Å². The van der Waals surface area contributed by atoms with Crippen molar-refractivity contribution in [2.24, 2.45) is 0 Å². The number of esters is 1. The third-order valence-corrected chi connectivity index (χ3v) is 2.09. The Kier molecular flexibility index (Phi) is 5.23. The fourth-order valence-corrected chi connectivity index (χ4v) is 1.32. The summed E-state index contributed by atoms with van der Waals surface area (Å²) in [4.78, 5) is 11.6. The maximum Gasteiger partial charge on any atom is 0.341 e. The molecule has 0 aromatic heterocycles. The van der Waals surface area contributed by atoms with Crippen LogP contribution in [0.25, 0.3) is 6.08 Å². The van der Waals surface area contributed by atoms with Crippen LogP contribution in [0.1, 0.15) is 22.8 Å². The quantitative estimate of drug-likeness (QED) is 0.766. The molecule has 1 aromatic carbocycles. The van der Waals surface area contributed by atoms with Crippen molar-refractivity contribution in [3.63, 3.8) is 0 Å². The first kappa shape index (κ1) is 13.3. The van der Waals surface area contributed by atoms with E-state index in [0.717, 1.165) is 5.56 Å². The highest BCUT2D eigenvalue weighted by Crippen LogP contribution is 2.22. The van der Waals surface area contributed by atoms with E-state index in [4.69, 9.17) is 14.6 Å². The fraction of sp³-hybridized carbons (Fsp3) is 0.308. The summed E-state index contributed by atoms with van der Waals surface area (Å²) in [7, 11) is 0. The minimum atomic E-state index is -0.434. The van der Waals surface area contributed by atoms with Gasteiger partial charge in [0, 0.05) is 0 Å². The molecule has 4 nitrogen and oxygen atoms in total. The Morgan fingerprint density at radius 2 is 2.29 bits per heavy atom. The zero-order valence-electron chi connectivity index (χ0n) is 9.81. The van der Waals surface area contributed by atoms with Gasteiger partial charge in [-0.3, -0.25) is 0 Å². The second kappa shape index (κ2) is 6.70. The normalized spacial score (nSPS) is 9.76. The molecule has 0 fully saturated rings. The van der Waals surface area contributed by atoms with Gasteiger partial charge in [-0.25, -0.2) is 4.79 Å². The first-order valence-corrected chi connectivity index (χ1v) is 5.40. The number of hydrogen-bond acceptors (Lipinski definition) is 4. The Hall–Kier alpha value is -1.81. The molecule has 0 aliphatic rings. The summed E-state index contributed by atoms with van der Waals surface area (Å²) < 4.78 is 10.2. The molecule has 17 heavy (non-hydrogen) atoms. The SMILES string of the molecule is C=Cc1ccc(C(=O)OCC)c(OCCO)c1. The highest BCUT2D eigenvalue weighted by molar-refractivity contribution is 5.92. The first-order chi connectivity index (χ1) is 8.22. The number of hydrogen-bond donors (Lipinski definition) is 1. The lowest BCUT2D eigenvalue weighted by atomic mass is 10.1. The maximum atomic E-state index is 11.6. The van der Waals surface area contributed by atoms with Crippen molar-refractivity contribution in [3.05, 3.63) is 35.9 Å². The average molecular weight is 236 g/mol. The number of aliphatic hydroxyl groups excluding tert-OH is 1. The van der Waals surface area contributed by atoms with Crippen molar-refractivity contribution in [1.29, 1.82) is 0 Å². The second-order valence-corrected chi connectivity index (χ2v) is 3.25. The average Bonchev–Trinajstić information content (AvgIpc) is 2.36. The summed E-state index contributed by atoms with van der Waals surface area (Å²) in [5, 5.41) is 8.73. The third-order valence-electron chi connectivity index (χ3n) is 2.09. The molecule has 0 bridgehead atoms. The Morgan fingerprint density at radius 1 is 1.53 bits per heavy atom. The van der Waals surface area contributed by atoms with Gasteiger partial charge in [-0.15, -0.1) is 0 Å². The number of carbonyl (C=O) groups excluding carboxylic acids is 1. The zero-order chi connectivity index (χ0) is 12.7.